The van der Waals surface area contributed by atoms with Crippen LogP contribution in [0.4, 0.5) is 0 Å². The quantitative estimate of drug-likeness (QED) is 0.429. The molecule has 0 saturated heterocycles. The maximum atomic E-state index is 10.8. The van der Waals surface area contributed by atoms with Gasteiger partial charge in [-0.15, -0.1) is 5.10 Å². The molecule has 1 aromatic rings. The first-order chi connectivity index (χ1) is 8.04. The minimum Gasteiger partial charge on any atom is -0.391 e. The summed E-state index contributed by atoms with van der Waals surface area (Å²) in [6.45, 7) is -0.431. The molecule has 2 rings (SSSR count). The zero-order valence-electron chi connectivity index (χ0n) is 8.61. The van der Waals surface area contributed by atoms with Crippen molar-refractivity contribution in [2.75, 3.05) is 6.61 Å². The van der Waals surface area contributed by atoms with E-state index in [1.54, 1.807) is 0 Å². The Bertz CT molecular complexity index is 529. The third-order valence-electron chi connectivity index (χ3n) is 2.35. The van der Waals surface area contributed by atoms with Crippen LogP contribution in [0, 0.1) is 0 Å². The maximum absolute atomic E-state index is 10.8. The van der Waals surface area contributed by atoms with Gasteiger partial charge in [-0.3, -0.25) is 4.79 Å². The van der Waals surface area contributed by atoms with E-state index in [9.17, 15) is 15.0 Å². The first-order valence-corrected chi connectivity index (χ1v) is 4.73. The molecule has 1 amide bonds. The van der Waals surface area contributed by atoms with Crippen molar-refractivity contribution < 1.29 is 20.1 Å². The summed E-state index contributed by atoms with van der Waals surface area (Å²) in [5, 5.41) is 31.8. The highest BCUT2D eigenvalue weighted by molar-refractivity contribution is 5.88. The average Bonchev–Trinajstić information content (AvgIpc) is 2.87. The van der Waals surface area contributed by atoms with E-state index in [2.05, 4.69) is 15.8 Å². The molecule has 0 radical (unpaired) electrons. The van der Waals surface area contributed by atoms with Gasteiger partial charge in [0.1, 0.15) is 24.2 Å². The second-order valence-corrected chi connectivity index (χ2v) is 3.46. The summed E-state index contributed by atoms with van der Waals surface area (Å²) in [5.41, 5.74) is 7.82. The van der Waals surface area contributed by atoms with E-state index >= 15 is 0 Å². The molecule has 1 heterocycles. The minimum absolute atomic E-state index is 0.0987. The molecule has 0 spiro atoms. The number of aromatic nitrogens is 3. The van der Waals surface area contributed by atoms with Gasteiger partial charge in [-0.25, -0.2) is 9.67 Å². The van der Waals surface area contributed by atoms with Crippen molar-refractivity contribution in [1.82, 2.24) is 14.8 Å². The molecule has 0 aliphatic heterocycles. The number of hydrogen-bond donors (Lipinski definition) is 4. The number of aliphatic hydroxyl groups is 3. The molecular formula is C9H10N4O4. The van der Waals surface area contributed by atoms with Gasteiger partial charge >= 0.3 is 0 Å². The number of carbonyl (C=O) groups excluding carboxylic acids is 1. The highest BCUT2D eigenvalue weighted by Crippen LogP contribution is 2.22. The lowest BCUT2D eigenvalue weighted by atomic mass is 10.1. The molecular weight excluding hydrogens is 228 g/mol. The molecule has 0 aromatic carbocycles. The van der Waals surface area contributed by atoms with E-state index in [0.717, 1.165) is 4.68 Å². The smallest absolute Gasteiger partial charge is 0.288 e. The van der Waals surface area contributed by atoms with Crippen molar-refractivity contribution >= 4 is 11.6 Å². The van der Waals surface area contributed by atoms with Crippen molar-refractivity contribution in [3.05, 3.63) is 23.5 Å². The van der Waals surface area contributed by atoms with Gasteiger partial charge in [0.05, 0.1) is 6.61 Å². The fourth-order valence-corrected chi connectivity index (χ4v) is 1.47. The molecule has 8 heteroatoms. The van der Waals surface area contributed by atoms with Crippen LogP contribution in [0.15, 0.2) is 17.6 Å². The van der Waals surface area contributed by atoms with E-state index in [-0.39, 0.29) is 17.1 Å². The van der Waals surface area contributed by atoms with Crippen molar-refractivity contribution in [1.29, 1.82) is 0 Å². The number of nitrogens with two attached hydrogens (primary N) is 1. The third-order valence-corrected chi connectivity index (χ3v) is 2.35. The predicted molar refractivity (Wildman–Crippen MR) is 54.4 cm³/mol. The molecule has 8 nitrogen and oxygen atoms in total. The topological polar surface area (TPSA) is 134 Å². The van der Waals surface area contributed by atoms with Crippen molar-refractivity contribution in [2.24, 2.45) is 5.73 Å². The Kier molecular flexibility index (Phi) is 2.78. The minimum atomic E-state index is -1.28. The van der Waals surface area contributed by atoms with Crippen LogP contribution in [0.2, 0.25) is 0 Å². The van der Waals surface area contributed by atoms with E-state index in [1.165, 1.54) is 6.33 Å². The molecule has 2 unspecified atom stereocenters. The summed E-state index contributed by atoms with van der Waals surface area (Å²) in [7, 11) is 0. The lowest BCUT2D eigenvalue weighted by Gasteiger charge is -2.13. The van der Waals surface area contributed by atoms with Gasteiger partial charge in [-0.05, 0) is 0 Å². The zero-order valence-corrected chi connectivity index (χ0v) is 8.61. The van der Waals surface area contributed by atoms with Gasteiger partial charge in [-0.1, -0.05) is 5.73 Å². The number of aliphatic hydroxyl groups excluding tert-OH is 3. The van der Waals surface area contributed by atoms with Crippen LogP contribution in [0.25, 0.3) is 5.70 Å². The highest BCUT2D eigenvalue weighted by atomic mass is 16.3. The molecule has 1 aliphatic rings. The molecule has 1 aromatic heterocycles. The van der Waals surface area contributed by atoms with Crippen LogP contribution in [-0.2, 0) is 0 Å². The van der Waals surface area contributed by atoms with Gasteiger partial charge < -0.3 is 21.1 Å². The Hall–Kier alpha value is -1.99. The van der Waals surface area contributed by atoms with Gasteiger partial charge in [0, 0.05) is 5.57 Å². The second-order valence-electron chi connectivity index (χ2n) is 3.46. The molecule has 0 fully saturated rings. The van der Waals surface area contributed by atoms with Crippen LogP contribution < -0.4 is 5.73 Å². The standard InChI is InChI=1S/C9H10N4O4/c10-8(17)9-11-3-13(12-9)5-1-4(2-14)6(15)7(5)16/h3,6-7,14-16H,2H2,(H2,10,17). The molecule has 0 bridgehead atoms. The van der Waals surface area contributed by atoms with Crippen LogP contribution in [0.1, 0.15) is 10.6 Å². The van der Waals surface area contributed by atoms with Crippen LogP contribution in [0.5, 0.6) is 0 Å². The number of primary amides is 1. The van der Waals surface area contributed by atoms with Crippen molar-refractivity contribution in [3.8, 4) is 0 Å². The Morgan fingerprint density at radius 2 is 2.24 bits per heavy atom. The number of rotatable bonds is 3. The molecule has 5 N–H and O–H groups in total. The van der Waals surface area contributed by atoms with E-state index in [4.69, 9.17) is 10.8 Å². The summed E-state index contributed by atoms with van der Waals surface area (Å²) < 4.78 is 1.08. The Balaban J connectivity index is 2.40. The number of nitrogens with zero attached hydrogens (tertiary/aromatic N) is 3. The SMILES string of the molecule is NC(=O)c1ncn(C2=C=C(CO)C(O)C2O)n1. The molecule has 17 heavy (non-hydrogen) atoms. The molecule has 0 saturated carbocycles. The van der Waals surface area contributed by atoms with Crippen LogP contribution in [-0.4, -0.2) is 54.8 Å². The van der Waals surface area contributed by atoms with Crippen LogP contribution >= 0.6 is 0 Å². The van der Waals surface area contributed by atoms with Crippen LogP contribution in [0.3, 0.4) is 0 Å². The Labute approximate surface area is 95.3 Å². The summed E-state index contributed by atoms with van der Waals surface area (Å²) in [4.78, 5) is 14.4. The normalized spacial score (nSPS) is 23.5. The second kappa shape index (κ2) is 4.11. The van der Waals surface area contributed by atoms with Gasteiger partial charge in [0.25, 0.3) is 5.91 Å². The Morgan fingerprint density at radius 1 is 1.53 bits per heavy atom. The van der Waals surface area contributed by atoms with Gasteiger partial charge in [0.2, 0.25) is 5.82 Å². The summed E-state index contributed by atoms with van der Waals surface area (Å²) in [5.74, 6) is -1.01. The summed E-state index contributed by atoms with van der Waals surface area (Å²) >= 11 is 0. The third kappa shape index (κ3) is 1.85. The van der Waals surface area contributed by atoms with E-state index in [0.29, 0.717) is 0 Å². The predicted octanol–water partition coefficient (Wildman–Crippen LogP) is -2.53. The Morgan fingerprint density at radius 3 is 2.71 bits per heavy atom. The van der Waals surface area contributed by atoms with Crippen molar-refractivity contribution in [2.45, 2.75) is 12.2 Å². The first-order valence-electron chi connectivity index (χ1n) is 4.73. The largest absolute Gasteiger partial charge is 0.391 e. The first kappa shape index (κ1) is 11.5. The fraction of sp³-hybridized carbons (Fsp3) is 0.333. The fourth-order valence-electron chi connectivity index (χ4n) is 1.47. The van der Waals surface area contributed by atoms with E-state index in [1.807, 2.05) is 0 Å². The number of carbonyl (C=O) groups is 1. The highest BCUT2D eigenvalue weighted by Gasteiger charge is 2.31. The lowest BCUT2D eigenvalue weighted by molar-refractivity contribution is 0.0734. The summed E-state index contributed by atoms with van der Waals surface area (Å²) in [6, 6.07) is 0. The lowest BCUT2D eigenvalue weighted by Crippen LogP contribution is -2.28. The van der Waals surface area contributed by atoms with Gasteiger partial charge in [0.15, 0.2) is 0 Å². The molecule has 1 aliphatic carbocycles. The average molecular weight is 238 g/mol. The van der Waals surface area contributed by atoms with Crippen molar-refractivity contribution in [3.63, 3.8) is 0 Å². The molecule has 2 atom stereocenters. The maximum Gasteiger partial charge on any atom is 0.288 e. The number of amides is 1. The monoisotopic (exact) mass is 238 g/mol. The number of hydrogen-bond acceptors (Lipinski definition) is 6. The molecule has 90 valence electrons. The zero-order chi connectivity index (χ0) is 12.6. The van der Waals surface area contributed by atoms with E-state index < -0.39 is 24.7 Å². The van der Waals surface area contributed by atoms with Gasteiger partial charge in [-0.2, -0.15) is 0 Å². The summed E-state index contributed by atoms with van der Waals surface area (Å²) in [6.07, 6.45) is -1.35.